The minimum Gasteiger partial charge on any atom is -0.371 e. The van der Waals surface area contributed by atoms with Crippen molar-refractivity contribution in [1.29, 1.82) is 0 Å². The van der Waals surface area contributed by atoms with Crippen LogP contribution < -0.4 is 5.32 Å². The molecule has 5 rings (SSSR count). The lowest BCUT2D eigenvalue weighted by Crippen LogP contribution is -2.64. The van der Waals surface area contributed by atoms with E-state index >= 15 is 0 Å². The molecule has 2 nitrogen and oxygen atoms in total. The molecular weight excluding hydrogens is 302 g/mol. The highest BCUT2D eigenvalue weighted by Gasteiger charge is 2.64. The summed E-state index contributed by atoms with van der Waals surface area (Å²) in [7, 11) is 0. The first kappa shape index (κ1) is 16.7. The second-order valence-electron chi connectivity index (χ2n) is 9.35. The summed E-state index contributed by atoms with van der Waals surface area (Å²) >= 11 is 4.40. The fourth-order valence-corrected chi connectivity index (χ4v) is 7.31. The lowest BCUT2D eigenvalue weighted by atomic mass is 9.46. The average molecular weight is 338 g/mol. The van der Waals surface area contributed by atoms with Gasteiger partial charge in [0.05, 0.1) is 11.7 Å². The van der Waals surface area contributed by atoms with Gasteiger partial charge >= 0.3 is 0 Å². The molecule has 1 N–H and O–H groups in total. The molecule has 2 aliphatic heterocycles. The molecule has 2 saturated heterocycles. The van der Waals surface area contributed by atoms with Gasteiger partial charge in [-0.3, -0.25) is 0 Å². The summed E-state index contributed by atoms with van der Waals surface area (Å²) in [6, 6.07) is 0.625. The molecule has 23 heavy (non-hydrogen) atoms. The third-order valence-electron chi connectivity index (χ3n) is 8.35. The van der Waals surface area contributed by atoms with Crippen LogP contribution in [-0.2, 0) is 4.74 Å². The number of hydrogen-bond acceptors (Lipinski definition) is 3. The topological polar surface area (TPSA) is 21.3 Å². The van der Waals surface area contributed by atoms with Gasteiger partial charge in [-0.2, -0.15) is 12.6 Å². The zero-order chi connectivity index (χ0) is 16.2. The molecule has 2 bridgehead atoms. The molecular formula is C20H35NOS. The Kier molecular flexibility index (Phi) is 4.30. The number of hydrogen-bond donors (Lipinski definition) is 2. The molecule has 3 heteroatoms. The van der Waals surface area contributed by atoms with Crippen molar-refractivity contribution < 1.29 is 4.74 Å². The van der Waals surface area contributed by atoms with Gasteiger partial charge in [0.15, 0.2) is 0 Å². The molecule has 0 radical (unpaired) electrons. The van der Waals surface area contributed by atoms with Crippen LogP contribution in [-0.4, -0.2) is 30.0 Å². The largest absolute Gasteiger partial charge is 0.371 e. The molecule has 0 amide bonds. The van der Waals surface area contributed by atoms with Gasteiger partial charge in [-0.15, -0.1) is 0 Å². The summed E-state index contributed by atoms with van der Waals surface area (Å²) in [6.07, 6.45) is 10.0. The SMILES string of the molecule is C[C@H]1C(NCCS)C[C@@H]2OC3(C)CC[C@H]4[C@H](C)CCC1[C@@]24CC3. The van der Waals surface area contributed by atoms with Gasteiger partial charge in [0.1, 0.15) is 0 Å². The van der Waals surface area contributed by atoms with E-state index < -0.39 is 0 Å². The van der Waals surface area contributed by atoms with E-state index in [1.54, 1.807) is 0 Å². The molecule has 132 valence electrons. The maximum absolute atomic E-state index is 6.88. The number of nitrogens with one attached hydrogen (secondary N) is 1. The zero-order valence-corrected chi connectivity index (χ0v) is 16.1. The van der Waals surface area contributed by atoms with Gasteiger partial charge in [-0.05, 0) is 69.1 Å². The first-order chi connectivity index (χ1) is 11.0. The predicted octanol–water partition coefficient (Wildman–Crippen LogP) is 4.29. The lowest BCUT2D eigenvalue weighted by molar-refractivity contribution is -0.238. The minimum atomic E-state index is 0.159. The van der Waals surface area contributed by atoms with Crippen LogP contribution >= 0.6 is 12.6 Å². The van der Waals surface area contributed by atoms with E-state index in [2.05, 4.69) is 38.7 Å². The predicted molar refractivity (Wildman–Crippen MR) is 99.0 cm³/mol. The highest BCUT2D eigenvalue weighted by Crippen LogP contribution is 2.66. The smallest absolute Gasteiger partial charge is 0.0659 e. The molecule has 5 fully saturated rings. The summed E-state index contributed by atoms with van der Waals surface area (Å²) in [5.41, 5.74) is 0.651. The molecule has 3 unspecified atom stereocenters. The van der Waals surface area contributed by atoms with Gasteiger partial charge in [0.25, 0.3) is 0 Å². The Balaban J connectivity index is 1.70. The fourth-order valence-electron chi connectivity index (χ4n) is 7.18. The molecule has 0 aromatic rings. The van der Waals surface area contributed by atoms with E-state index in [1.807, 2.05) is 0 Å². The van der Waals surface area contributed by atoms with E-state index in [1.165, 1.54) is 44.9 Å². The summed E-state index contributed by atoms with van der Waals surface area (Å²) in [6.45, 7) is 8.48. The van der Waals surface area contributed by atoms with Gasteiger partial charge in [-0.1, -0.05) is 20.3 Å². The van der Waals surface area contributed by atoms with E-state index in [0.29, 0.717) is 17.6 Å². The molecule has 0 aromatic heterocycles. The summed E-state index contributed by atoms with van der Waals surface area (Å²) in [5.74, 6) is 4.38. The van der Waals surface area contributed by atoms with Crippen LogP contribution in [0.2, 0.25) is 0 Å². The van der Waals surface area contributed by atoms with Crippen molar-refractivity contribution in [3.05, 3.63) is 0 Å². The molecule has 3 aliphatic carbocycles. The highest BCUT2D eigenvalue weighted by atomic mass is 32.1. The van der Waals surface area contributed by atoms with Gasteiger partial charge in [0.2, 0.25) is 0 Å². The first-order valence-electron chi connectivity index (χ1n) is 10.0. The molecule has 1 spiro atoms. The fraction of sp³-hybridized carbons (Fsp3) is 1.00. The average Bonchev–Trinajstić information content (AvgIpc) is 2.76. The van der Waals surface area contributed by atoms with Crippen LogP contribution in [0.3, 0.4) is 0 Å². The van der Waals surface area contributed by atoms with Crippen LogP contribution in [0.15, 0.2) is 0 Å². The second kappa shape index (κ2) is 5.92. The molecule has 3 saturated carbocycles. The Morgan fingerprint density at radius 3 is 2.70 bits per heavy atom. The van der Waals surface area contributed by atoms with Crippen molar-refractivity contribution in [3.63, 3.8) is 0 Å². The maximum Gasteiger partial charge on any atom is 0.0659 e. The molecule has 0 aromatic carbocycles. The Bertz CT molecular complexity index is 457. The van der Waals surface area contributed by atoms with E-state index in [-0.39, 0.29) is 5.60 Å². The number of fused-ring (bicyclic) bond motifs is 2. The quantitative estimate of drug-likeness (QED) is 0.750. The van der Waals surface area contributed by atoms with Crippen LogP contribution in [0, 0.1) is 29.1 Å². The minimum absolute atomic E-state index is 0.159. The lowest BCUT2D eigenvalue weighted by Gasteiger charge is -2.63. The van der Waals surface area contributed by atoms with Crippen molar-refractivity contribution >= 4 is 12.6 Å². The van der Waals surface area contributed by atoms with Gasteiger partial charge in [0, 0.05) is 23.8 Å². The molecule has 5 aliphatic rings. The van der Waals surface area contributed by atoms with Crippen LogP contribution in [0.5, 0.6) is 0 Å². The zero-order valence-electron chi connectivity index (χ0n) is 15.2. The molecule has 8 atom stereocenters. The Labute approximate surface area is 147 Å². The number of ether oxygens (including phenoxy) is 1. The summed E-state index contributed by atoms with van der Waals surface area (Å²) < 4.78 is 6.88. The number of thiol groups is 1. The van der Waals surface area contributed by atoms with E-state index in [0.717, 1.165) is 36.0 Å². The summed E-state index contributed by atoms with van der Waals surface area (Å²) in [4.78, 5) is 0. The third-order valence-corrected chi connectivity index (χ3v) is 8.58. The van der Waals surface area contributed by atoms with Crippen LogP contribution in [0.25, 0.3) is 0 Å². The maximum atomic E-state index is 6.88. The van der Waals surface area contributed by atoms with Crippen LogP contribution in [0.4, 0.5) is 0 Å². The van der Waals surface area contributed by atoms with Crippen molar-refractivity contribution in [2.75, 3.05) is 12.3 Å². The summed E-state index contributed by atoms with van der Waals surface area (Å²) in [5, 5.41) is 3.80. The first-order valence-corrected chi connectivity index (χ1v) is 10.7. The third kappa shape index (κ3) is 2.44. The Morgan fingerprint density at radius 2 is 1.91 bits per heavy atom. The van der Waals surface area contributed by atoms with Crippen molar-refractivity contribution in [3.8, 4) is 0 Å². The normalized spacial score (nSPS) is 55.3. The molecule has 2 heterocycles. The van der Waals surface area contributed by atoms with Crippen molar-refractivity contribution in [2.45, 2.75) is 83.5 Å². The van der Waals surface area contributed by atoms with Gasteiger partial charge in [-0.25, -0.2) is 0 Å². The number of rotatable bonds is 3. The van der Waals surface area contributed by atoms with Crippen molar-refractivity contribution in [2.24, 2.45) is 29.1 Å². The monoisotopic (exact) mass is 337 g/mol. The Hall–Kier alpha value is 0.270. The van der Waals surface area contributed by atoms with Crippen molar-refractivity contribution in [1.82, 2.24) is 5.32 Å². The van der Waals surface area contributed by atoms with Gasteiger partial charge < -0.3 is 10.1 Å². The highest BCUT2D eigenvalue weighted by molar-refractivity contribution is 7.80. The van der Waals surface area contributed by atoms with E-state index in [4.69, 9.17) is 4.74 Å². The second-order valence-corrected chi connectivity index (χ2v) is 9.80. The standard InChI is InChI=1S/C20H35NOS/c1-13-4-5-16-14(2)17(21-10-11-23)12-18-20(16)9-8-19(3,22-18)7-6-15(13)20/h13-18,21,23H,4-12H2,1-3H3/t13-,14-,15+,16?,17?,18+,19?,20+/m1/s1. The Morgan fingerprint density at radius 1 is 1.09 bits per heavy atom. The van der Waals surface area contributed by atoms with E-state index in [9.17, 15) is 0 Å². The van der Waals surface area contributed by atoms with Crippen LogP contribution in [0.1, 0.15) is 65.7 Å².